The molecule has 0 aliphatic rings. The molecule has 0 spiro atoms. The molecule has 1 aromatic carbocycles. The Bertz CT molecular complexity index is 419. The van der Waals surface area contributed by atoms with E-state index in [4.69, 9.17) is 10.5 Å². The van der Waals surface area contributed by atoms with E-state index in [1.165, 1.54) is 5.56 Å². The highest BCUT2D eigenvalue weighted by Crippen LogP contribution is 2.20. The Labute approximate surface area is 115 Å². The van der Waals surface area contributed by atoms with Gasteiger partial charge in [0.1, 0.15) is 5.75 Å². The van der Waals surface area contributed by atoms with Crippen molar-refractivity contribution in [1.29, 1.82) is 0 Å². The third-order valence-electron chi connectivity index (χ3n) is 3.25. The summed E-state index contributed by atoms with van der Waals surface area (Å²) in [6, 6.07) is 6.19. The maximum absolute atomic E-state index is 11.6. The van der Waals surface area contributed by atoms with Crippen LogP contribution in [0.2, 0.25) is 0 Å². The molecule has 0 saturated carbocycles. The molecule has 1 unspecified atom stereocenters. The van der Waals surface area contributed by atoms with Crippen LogP contribution in [-0.2, 0) is 17.6 Å². The minimum Gasteiger partial charge on any atom is -0.496 e. The number of hydrogen-bond acceptors (Lipinski definition) is 3. The molecular weight excluding hydrogens is 240 g/mol. The van der Waals surface area contributed by atoms with Crippen LogP contribution in [0.4, 0.5) is 0 Å². The third-order valence-corrected chi connectivity index (χ3v) is 3.25. The van der Waals surface area contributed by atoms with Crippen LogP contribution in [0.15, 0.2) is 18.2 Å². The summed E-state index contributed by atoms with van der Waals surface area (Å²) in [6.45, 7) is 4.93. The third kappa shape index (κ3) is 4.56. The first-order valence-corrected chi connectivity index (χ1v) is 6.75. The molecule has 1 aromatic rings. The lowest BCUT2D eigenvalue weighted by molar-refractivity contribution is -0.124. The Morgan fingerprint density at radius 2 is 2.21 bits per heavy atom. The van der Waals surface area contributed by atoms with Gasteiger partial charge in [0.05, 0.1) is 7.11 Å². The average Bonchev–Trinajstić information content (AvgIpc) is 2.45. The van der Waals surface area contributed by atoms with Crippen molar-refractivity contribution in [2.24, 2.45) is 11.7 Å². The SMILES string of the molecule is CCc1ccc(OC)c(CCNC(=O)C(C)CN)c1. The van der Waals surface area contributed by atoms with Gasteiger partial charge in [-0.3, -0.25) is 4.79 Å². The van der Waals surface area contributed by atoms with Crippen LogP contribution in [0.1, 0.15) is 25.0 Å². The maximum Gasteiger partial charge on any atom is 0.224 e. The zero-order valence-electron chi connectivity index (χ0n) is 12.0. The van der Waals surface area contributed by atoms with Crippen molar-refractivity contribution < 1.29 is 9.53 Å². The molecule has 1 atom stereocenters. The Hall–Kier alpha value is -1.55. The largest absolute Gasteiger partial charge is 0.496 e. The molecule has 106 valence electrons. The number of rotatable bonds is 7. The van der Waals surface area contributed by atoms with Crippen LogP contribution in [-0.4, -0.2) is 26.1 Å². The summed E-state index contributed by atoms with van der Waals surface area (Å²) in [6.07, 6.45) is 1.76. The van der Waals surface area contributed by atoms with Crippen molar-refractivity contribution in [3.63, 3.8) is 0 Å². The number of carbonyl (C=O) groups is 1. The molecule has 0 aromatic heterocycles. The molecule has 0 aliphatic carbocycles. The monoisotopic (exact) mass is 264 g/mol. The number of aryl methyl sites for hydroxylation is 1. The van der Waals surface area contributed by atoms with Crippen molar-refractivity contribution in [2.45, 2.75) is 26.7 Å². The van der Waals surface area contributed by atoms with E-state index in [0.717, 1.165) is 24.2 Å². The standard InChI is InChI=1S/C15H24N2O2/c1-4-12-5-6-14(19-3)13(9-12)7-8-17-15(18)11(2)10-16/h5-6,9,11H,4,7-8,10,16H2,1-3H3,(H,17,18). The predicted octanol–water partition coefficient (Wildman–Crippen LogP) is 1.51. The van der Waals surface area contributed by atoms with E-state index >= 15 is 0 Å². The van der Waals surface area contributed by atoms with Gasteiger partial charge in [0.2, 0.25) is 5.91 Å². The first-order chi connectivity index (χ1) is 9.12. The van der Waals surface area contributed by atoms with Crippen molar-refractivity contribution in [2.75, 3.05) is 20.2 Å². The lowest BCUT2D eigenvalue weighted by Crippen LogP contribution is -2.34. The van der Waals surface area contributed by atoms with Gasteiger partial charge in [0, 0.05) is 19.0 Å². The molecule has 19 heavy (non-hydrogen) atoms. The second kappa shape index (κ2) is 7.79. The normalized spacial score (nSPS) is 12.0. The summed E-state index contributed by atoms with van der Waals surface area (Å²) < 4.78 is 5.34. The first-order valence-electron chi connectivity index (χ1n) is 6.75. The summed E-state index contributed by atoms with van der Waals surface area (Å²) in [5.74, 6) is 0.746. The van der Waals surface area contributed by atoms with Crippen LogP contribution in [0.25, 0.3) is 0 Å². The fourth-order valence-electron chi connectivity index (χ4n) is 1.85. The Morgan fingerprint density at radius 1 is 1.47 bits per heavy atom. The highest BCUT2D eigenvalue weighted by atomic mass is 16.5. The van der Waals surface area contributed by atoms with Gasteiger partial charge in [-0.05, 0) is 30.0 Å². The minimum absolute atomic E-state index is 0.00751. The topological polar surface area (TPSA) is 64.3 Å². The smallest absolute Gasteiger partial charge is 0.224 e. The van der Waals surface area contributed by atoms with Crippen molar-refractivity contribution in [3.8, 4) is 5.75 Å². The lowest BCUT2D eigenvalue weighted by atomic mass is 10.0. The quantitative estimate of drug-likeness (QED) is 0.784. The van der Waals surface area contributed by atoms with E-state index in [-0.39, 0.29) is 11.8 Å². The van der Waals surface area contributed by atoms with E-state index in [1.807, 2.05) is 13.0 Å². The van der Waals surface area contributed by atoms with Gasteiger partial charge in [-0.15, -0.1) is 0 Å². The fraction of sp³-hybridized carbons (Fsp3) is 0.533. The van der Waals surface area contributed by atoms with Crippen LogP contribution in [0.3, 0.4) is 0 Å². The van der Waals surface area contributed by atoms with Gasteiger partial charge in [-0.1, -0.05) is 26.0 Å². The highest BCUT2D eigenvalue weighted by molar-refractivity contribution is 5.78. The second-order valence-corrected chi connectivity index (χ2v) is 4.68. The van der Waals surface area contributed by atoms with Gasteiger partial charge in [0.15, 0.2) is 0 Å². The number of methoxy groups -OCH3 is 1. The number of amides is 1. The van der Waals surface area contributed by atoms with Gasteiger partial charge < -0.3 is 15.8 Å². The molecule has 3 N–H and O–H groups in total. The zero-order valence-corrected chi connectivity index (χ0v) is 12.0. The van der Waals surface area contributed by atoms with E-state index in [2.05, 4.69) is 24.4 Å². The van der Waals surface area contributed by atoms with E-state index in [9.17, 15) is 4.79 Å². The molecule has 4 nitrogen and oxygen atoms in total. The Kier molecular flexibility index (Phi) is 6.36. The molecule has 1 amide bonds. The summed E-state index contributed by atoms with van der Waals surface area (Å²) >= 11 is 0. The molecule has 0 heterocycles. The molecule has 0 radical (unpaired) electrons. The maximum atomic E-state index is 11.6. The van der Waals surface area contributed by atoms with Gasteiger partial charge in [-0.25, -0.2) is 0 Å². The van der Waals surface area contributed by atoms with Crippen molar-refractivity contribution >= 4 is 5.91 Å². The number of hydrogen-bond donors (Lipinski definition) is 2. The number of carbonyl (C=O) groups excluding carboxylic acids is 1. The molecular formula is C15H24N2O2. The van der Waals surface area contributed by atoms with Gasteiger partial charge >= 0.3 is 0 Å². The molecule has 0 saturated heterocycles. The van der Waals surface area contributed by atoms with Crippen LogP contribution >= 0.6 is 0 Å². The molecule has 0 fully saturated rings. The van der Waals surface area contributed by atoms with E-state index < -0.39 is 0 Å². The van der Waals surface area contributed by atoms with Gasteiger partial charge in [0.25, 0.3) is 0 Å². The second-order valence-electron chi connectivity index (χ2n) is 4.68. The fourth-order valence-corrected chi connectivity index (χ4v) is 1.85. The summed E-state index contributed by atoms with van der Waals surface area (Å²) in [7, 11) is 1.67. The Balaban J connectivity index is 2.59. The molecule has 0 aliphatic heterocycles. The molecule has 0 bridgehead atoms. The lowest BCUT2D eigenvalue weighted by Gasteiger charge is -2.12. The molecule has 4 heteroatoms. The van der Waals surface area contributed by atoms with E-state index in [1.54, 1.807) is 7.11 Å². The van der Waals surface area contributed by atoms with Crippen molar-refractivity contribution in [1.82, 2.24) is 5.32 Å². The number of benzene rings is 1. The summed E-state index contributed by atoms with van der Waals surface area (Å²) in [5.41, 5.74) is 7.86. The predicted molar refractivity (Wildman–Crippen MR) is 77.3 cm³/mol. The summed E-state index contributed by atoms with van der Waals surface area (Å²) in [4.78, 5) is 11.6. The van der Waals surface area contributed by atoms with E-state index in [0.29, 0.717) is 13.1 Å². The van der Waals surface area contributed by atoms with Gasteiger partial charge in [-0.2, -0.15) is 0 Å². The van der Waals surface area contributed by atoms with Crippen LogP contribution in [0.5, 0.6) is 5.75 Å². The Morgan fingerprint density at radius 3 is 2.79 bits per heavy atom. The number of nitrogens with two attached hydrogens (primary N) is 1. The van der Waals surface area contributed by atoms with Crippen LogP contribution in [0, 0.1) is 5.92 Å². The summed E-state index contributed by atoms with van der Waals surface area (Å²) in [5, 5.41) is 2.90. The zero-order chi connectivity index (χ0) is 14.3. The minimum atomic E-state index is -0.135. The average molecular weight is 264 g/mol. The first kappa shape index (κ1) is 15.5. The molecule has 1 rings (SSSR count). The number of nitrogens with one attached hydrogen (secondary N) is 1. The van der Waals surface area contributed by atoms with Crippen LogP contribution < -0.4 is 15.8 Å². The number of ether oxygens (including phenoxy) is 1. The van der Waals surface area contributed by atoms with Crippen molar-refractivity contribution in [3.05, 3.63) is 29.3 Å². The highest BCUT2D eigenvalue weighted by Gasteiger charge is 2.10.